The lowest BCUT2D eigenvalue weighted by Gasteiger charge is -2.09. The van der Waals surface area contributed by atoms with Crippen LogP contribution in [0.1, 0.15) is 10.4 Å². The van der Waals surface area contributed by atoms with Crippen molar-refractivity contribution in [2.45, 2.75) is 0 Å². The van der Waals surface area contributed by atoms with Crippen LogP contribution in [-0.2, 0) is 0 Å². The first-order valence-electron chi connectivity index (χ1n) is 5.80. The Labute approximate surface area is 125 Å². The summed E-state index contributed by atoms with van der Waals surface area (Å²) in [5.41, 5.74) is 0.107. The zero-order valence-electron chi connectivity index (χ0n) is 10.9. The monoisotopic (exact) mass is 307 g/mol. The average Bonchev–Trinajstić information content (AvgIpc) is 2.47. The van der Waals surface area contributed by atoms with Gasteiger partial charge in [0.25, 0.3) is 0 Å². The summed E-state index contributed by atoms with van der Waals surface area (Å²) in [6.45, 7) is 0. The van der Waals surface area contributed by atoms with E-state index in [1.54, 1.807) is 0 Å². The van der Waals surface area contributed by atoms with E-state index in [-0.39, 0.29) is 22.2 Å². The molecule has 7 heteroatoms. The van der Waals surface area contributed by atoms with Crippen molar-refractivity contribution in [2.24, 2.45) is 0 Å². The maximum Gasteiger partial charge on any atom is 0.311 e. The van der Waals surface area contributed by atoms with Crippen LogP contribution in [-0.4, -0.2) is 18.3 Å². The lowest BCUT2D eigenvalue weighted by molar-refractivity contribution is -0.385. The smallest absolute Gasteiger partial charge is 0.311 e. The van der Waals surface area contributed by atoms with E-state index >= 15 is 0 Å². The number of aldehydes is 1. The third kappa shape index (κ3) is 3.29. The molecule has 0 bridgehead atoms. The molecule has 21 heavy (non-hydrogen) atoms. The lowest BCUT2D eigenvalue weighted by atomic mass is 10.2. The van der Waals surface area contributed by atoms with E-state index in [9.17, 15) is 14.9 Å². The number of nitro groups is 1. The first-order valence-corrected chi connectivity index (χ1v) is 6.18. The molecule has 0 atom stereocenters. The number of carbonyl (C=O) groups is 1. The second-order valence-corrected chi connectivity index (χ2v) is 4.40. The van der Waals surface area contributed by atoms with E-state index < -0.39 is 4.92 Å². The Kier molecular flexibility index (Phi) is 4.39. The third-order valence-electron chi connectivity index (χ3n) is 2.69. The van der Waals surface area contributed by atoms with E-state index in [0.29, 0.717) is 17.6 Å². The number of benzene rings is 2. The molecule has 2 aromatic rings. The van der Waals surface area contributed by atoms with E-state index in [1.807, 2.05) is 0 Å². The zero-order chi connectivity index (χ0) is 15.4. The Balaban J connectivity index is 2.40. The molecule has 2 rings (SSSR count). The fourth-order valence-corrected chi connectivity index (χ4v) is 1.86. The van der Waals surface area contributed by atoms with Gasteiger partial charge in [-0.25, -0.2) is 0 Å². The van der Waals surface area contributed by atoms with Crippen LogP contribution in [0.3, 0.4) is 0 Å². The molecule has 108 valence electrons. The Morgan fingerprint density at radius 3 is 2.48 bits per heavy atom. The van der Waals surface area contributed by atoms with Gasteiger partial charge in [-0.05, 0) is 18.2 Å². The second-order valence-electron chi connectivity index (χ2n) is 3.99. The number of nitrogens with zero attached hydrogens (tertiary/aromatic N) is 1. The van der Waals surface area contributed by atoms with E-state index in [1.165, 1.54) is 43.5 Å². The van der Waals surface area contributed by atoms with Crippen molar-refractivity contribution < 1.29 is 19.2 Å². The predicted octanol–water partition coefficient (Wildman–Crippen LogP) is 3.86. The number of methoxy groups -OCH3 is 1. The quantitative estimate of drug-likeness (QED) is 0.476. The van der Waals surface area contributed by atoms with Gasteiger partial charge in [0.2, 0.25) is 5.75 Å². The van der Waals surface area contributed by atoms with Crippen LogP contribution < -0.4 is 9.47 Å². The molecular formula is C14H10ClNO5. The summed E-state index contributed by atoms with van der Waals surface area (Å²) in [6.07, 6.45) is 0.611. The van der Waals surface area contributed by atoms with Gasteiger partial charge in [0.1, 0.15) is 11.5 Å². The molecule has 0 N–H and O–H groups in total. The molecule has 0 unspecified atom stereocenters. The first kappa shape index (κ1) is 14.8. The van der Waals surface area contributed by atoms with Crippen LogP contribution in [0.4, 0.5) is 5.69 Å². The largest absolute Gasteiger partial charge is 0.497 e. The molecule has 0 radical (unpaired) electrons. The van der Waals surface area contributed by atoms with Gasteiger partial charge < -0.3 is 9.47 Å². The highest BCUT2D eigenvalue weighted by Crippen LogP contribution is 2.35. The van der Waals surface area contributed by atoms with E-state index in [2.05, 4.69) is 0 Å². The minimum atomic E-state index is -0.559. The molecule has 0 heterocycles. The first-order chi connectivity index (χ1) is 10.0. The second kappa shape index (κ2) is 6.23. The van der Waals surface area contributed by atoms with Crippen LogP contribution >= 0.6 is 11.6 Å². The standard InChI is InChI=1S/C14H10ClNO5/c1-20-10-4-5-13(16(18)19)14(7-10)21-11-3-2-9(8-17)12(15)6-11/h2-8H,1H3. The van der Waals surface area contributed by atoms with E-state index in [4.69, 9.17) is 21.1 Å². The lowest BCUT2D eigenvalue weighted by Crippen LogP contribution is -1.95. The fourth-order valence-electron chi connectivity index (χ4n) is 1.65. The van der Waals surface area contributed by atoms with Crippen molar-refractivity contribution in [1.82, 2.24) is 0 Å². The van der Waals surface area contributed by atoms with Crippen LogP contribution in [0.25, 0.3) is 0 Å². The normalized spacial score (nSPS) is 10.0. The Morgan fingerprint density at radius 1 is 1.19 bits per heavy atom. The Morgan fingerprint density at radius 2 is 1.90 bits per heavy atom. The van der Waals surface area contributed by atoms with Crippen molar-refractivity contribution in [3.63, 3.8) is 0 Å². The molecule has 0 saturated carbocycles. The zero-order valence-corrected chi connectivity index (χ0v) is 11.7. The minimum Gasteiger partial charge on any atom is -0.497 e. The molecule has 0 fully saturated rings. The number of hydrogen-bond donors (Lipinski definition) is 0. The topological polar surface area (TPSA) is 78.7 Å². The van der Waals surface area contributed by atoms with Gasteiger partial charge in [0.15, 0.2) is 6.29 Å². The molecule has 0 aliphatic rings. The summed E-state index contributed by atoms with van der Waals surface area (Å²) in [5.74, 6) is 0.724. The molecule has 0 saturated heterocycles. The molecule has 0 aliphatic heterocycles. The summed E-state index contributed by atoms with van der Waals surface area (Å²) in [4.78, 5) is 21.1. The van der Waals surface area contributed by atoms with Gasteiger partial charge in [-0.2, -0.15) is 0 Å². The molecule has 0 spiro atoms. The highest BCUT2D eigenvalue weighted by atomic mass is 35.5. The summed E-state index contributed by atoms with van der Waals surface area (Å²) < 4.78 is 10.5. The van der Waals surface area contributed by atoms with Gasteiger partial charge in [-0.3, -0.25) is 14.9 Å². The summed E-state index contributed by atoms with van der Waals surface area (Å²) in [7, 11) is 1.45. The SMILES string of the molecule is COc1ccc([N+](=O)[O-])c(Oc2ccc(C=O)c(Cl)c2)c1. The number of halogens is 1. The highest BCUT2D eigenvalue weighted by molar-refractivity contribution is 6.33. The van der Waals surface area contributed by atoms with Gasteiger partial charge in [-0.1, -0.05) is 11.6 Å². The van der Waals surface area contributed by atoms with Gasteiger partial charge in [0, 0.05) is 23.8 Å². The van der Waals surface area contributed by atoms with E-state index in [0.717, 1.165) is 0 Å². The summed E-state index contributed by atoms with van der Waals surface area (Å²) in [5, 5.41) is 11.2. The maximum absolute atomic E-state index is 11.0. The maximum atomic E-state index is 11.0. The Hall–Kier alpha value is -2.60. The summed E-state index contributed by atoms with van der Waals surface area (Å²) >= 11 is 5.89. The molecule has 0 aliphatic carbocycles. The van der Waals surface area contributed by atoms with Crippen molar-refractivity contribution in [3.05, 3.63) is 57.1 Å². The Bertz CT molecular complexity index is 702. The number of rotatable bonds is 5. The number of hydrogen-bond acceptors (Lipinski definition) is 5. The highest BCUT2D eigenvalue weighted by Gasteiger charge is 2.17. The van der Waals surface area contributed by atoms with Crippen molar-refractivity contribution >= 4 is 23.6 Å². The van der Waals surface area contributed by atoms with Crippen LogP contribution in [0, 0.1) is 10.1 Å². The van der Waals surface area contributed by atoms with Gasteiger partial charge in [0.05, 0.1) is 17.1 Å². The average molecular weight is 308 g/mol. The molecular weight excluding hydrogens is 298 g/mol. The van der Waals surface area contributed by atoms with Crippen molar-refractivity contribution in [2.75, 3.05) is 7.11 Å². The molecule has 0 aromatic heterocycles. The fraction of sp³-hybridized carbons (Fsp3) is 0.0714. The van der Waals surface area contributed by atoms with Crippen LogP contribution in [0.15, 0.2) is 36.4 Å². The number of nitro benzene ring substituents is 1. The van der Waals surface area contributed by atoms with Crippen molar-refractivity contribution in [1.29, 1.82) is 0 Å². The molecule has 6 nitrogen and oxygen atoms in total. The van der Waals surface area contributed by atoms with Gasteiger partial charge in [-0.15, -0.1) is 0 Å². The summed E-state index contributed by atoms with van der Waals surface area (Å²) in [6, 6.07) is 8.53. The van der Waals surface area contributed by atoms with Gasteiger partial charge >= 0.3 is 5.69 Å². The number of carbonyl (C=O) groups excluding carboxylic acids is 1. The third-order valence-corrected chi connectivity index (χ3v) is 3.02. The van der Waals surface area contributed by atoms with Crippen molar-refractivity contribution in [3.8, 4) is 17.2 Å². The number of ether oxygens (including phenoxy) is 2. The molecule has 0 amide bonds. The van der Waals surface area contributed by atoms with Crippen LogP contribution in [0.5, 0.6) is 17.2 Å². The predicted molar refractivity (Wildman–Crippen MR) is 76.6 cm³/mol. The minimum absolute atomic E-state index is 0.0225. The van der Waals surface area contributed by atoms with Crippen LogP contribution in [0.2, 0.25) is 5.02 Å². The molecule has 2 aromatic carbocycles.